The summed E-state index contributed by atoms with van der Waals surface area (Å²) < 4.78 is 50.6. The van der Waals surface area contributed by atoms with Crippen LogP contribution < -0.4 is 15.4 Å². The summed E-state index contributed by atoms with van der Waals surface area (Å²) in [5.41, 5.74) is 2.01. The molecule has 0 saturated carbocycles. The minimum absolute atomic E-state index is 0.0124. The van der Waals surface area contributed by atoms with Crippen LogP contribution in [-0.4, -0.2) is 70.9 Å². The van der Waals surface area contributed by atoms with Crippen LogP contribution in [0.2, 0.25) is 0 Å². The van der Waals surface area contributed by atoms with Gasteiger partial charge in [0.2, 0.25) is 5.91 Å². The van der Waals surface area contributed by atoms with E-state index in [0.717, 1.165) is 12.1 Å². The summed E-state index contributed by atoms with van der Waals surface area (Å²) in [5.74, 6) is 0.591. The fourth-order valence-electron chi connectivity index (χ4n) is 5.15. The molecule has 238 valence electrons. The Morgan fingerprint density at radius 3 is 2.50 bits per heavy atom. The molecule has 2 heterocycles. The normalized spacial score (nSPS) is 18.1. The van der Waals surface area contributed by atoms with Gasteiger partial charge in [0.1, 0.15) is 23.2 Å². The zero-order valence-corrected chi connectivity index (χ0v) is 25.4. The van der Waals surface area contributed by atoms with Gasteiger partial charge in [-0.1, -0.05) is 24.2 Å². The van der Waals surface area contributed by atoms with Crippen molar-refractivity contribution in [3.8, 4) is 5.75 Å². The van der Waals surface area contributed by atoms with Crippen LogP contribution in [0.5, 0.6) is 5.75 Å². The summed E-state index contributed by atoms with van der Waals surface area (Å²) in [6.07, 6.45) is -4.82. The van der Waals surface area contributed by atoms with Crippen molar-refractivity contribution in [2.45, 2.75) is 59.0 Å². The maximum Gasteiger partial charge on any atom is 0.416 e. The van der Waals surface area contributed by atoms with E-state index in [-0.39, 0.29) is 24.9 Å². The number of nitrogens with one attached hydrogen (secondary N) is 2. The highest BCUT2D eigenvalue weighted by Crippen LogP contribution is 2.31. The van der Waals surface area contributed by atoms with E-state index in [1.807, 2.05) is 18.9 Å². The summed E-state index contributed by atoms with van der Waals surface area (Å²) in [7, 11) is 1.85. The van der Waals surface area contributed by atoms with Gasteiger partial charge in [-0.05, 0) is 63.7 Å². The molecule has 3 N–H and O–H groups in total. The number of hydrogen-bond donors (Lipinski definition) is 3. The molecule has 2 aromatic carbocycles. The highest BCUT2D eigenvalue weighted by molar-refractivity contribution is 6.00. The number of likely N-dealkylation sites (N-methyl/N-ethyl adjacent to an activating group) is 1. The van der Waals surface area contributed by atoms with E-state index < -0.39 is 29.9 Å². The lowest BCUT2D eigenvalue weighted by atomic mass is 10.0. The molecule has 3 atom stereocenters. The van der Waals surface area contributed by atoms with Crippen LogP contribution in [0.25, 0.3) is 0 Å². The number of carbonyl (C=O) groups excluding carboxylic acids is 2. The van der Waals surface area contributed by atoms with E-state index in [0.29, 0.717) is 59.3 Å². The van der Waals surface area contributed by atoms with Gasteiger partial charge in [0, 0.05) is 36.8 Å². The Morgan fingerprint density at radius 2 is 1.89 bits per heavy atom. The zero-order chi connectivity index (χ0) is 32.2. The molecular weight excluding hydrogens is 579 g/mol. The van der Waals surface area contributed by atoms with Crippen molar-refractivity contribution >= 4 is 23.3 Å². The first-order valence-corrected chi connectivity index (χ1v) is 14.3. The Hall–Kier alpha value is -4.10. The lowest BCUT2D eigenvalue weighted by Crippen LogP contribution is -2.47. The van der Waals surface area contributed by atoms with Crippen molar-refractivity contribution in [1.82, 2.24) is 15.0 Å². The van der Waals surface area contributed by atoms with Crippen molar-refractivity contribution in [3.05, 3.63) is 70.6 Å². The number of hydrogen-bond acceptors (Lipinski definition) is 7. The van der Waals surface area contributed by atoms with Crippen LogP contribution in [0.4, 0.5) is 29.3 Å². The minimum Gasteiger partial charge on any atom is -0.488 e. The number of amides is 3. The minimum atomic E-state index is -4.40. The van der Waals surface area contributed by atoms with E-state index >= 15 is 0 Å². The first-order valence-electron chi connectivity index (χ1n) is 14.3. The van der Waals surface area contributed by atoms with Gasteiger partial charge in [-0.25, -0.2) is 4.79 Å². The van der Waals surface area contributed by atoms with Gasteiger partial charge >= 0.3 is 12.2 Å². The van der Waals surface area contributed by atoms with Crippen LogP contribution in [-0.2, 0) is 23.9 Å². The van der Waals surface area contributed by atoms with Gasteiger partial charge in [-0.15, -0.1) is 0 Å². The average Bonchev–Trinajstić information content (AvgIpc) is 3.29. The summed E-state index contributed by atoms with van der Waals surface area (Å²) in [4.78, 5) is 29.8. The fourth-order valence-corrected chi connectivity index (χ4v) is 5.15. The molecule has 10 nitrogen and oxygen atoms in total. The molecule has 1 aromatic heterocycles. The molecule has 0 fully saturated rings. The van der Waals surface area contributed by atoms with Crippen molar-refractivity contribution in [1.29, 1.82) is 0 Å². The molecule has 44 heavy (non-hydrogen) atoms. The number of aromatic nitrogens is 1. The number of benzene rings is 2. The van der Waals surface area contributed by atoms with E-state index in [1.165, 1.54) is 12.1 Å². The number of aliphatic hydroxyl groups excluding tert-OH is 1. The second-order valence-electron chi connectivity index (χ2n) is 11.4. The third kappa shape index (κ3) is 8.08. The molecule has 4 rings (SSSR count). The summed E-state index contributed by atoms with van der Waals surface area (Å²) in [6.45, 7) is 8.04. The number of ether oxygens (including phenoxy) is 1. The topological polar surface area (TPSA) is 120 Å². The highest BCUT2D eigenvalue weighted by atomic mass is 19.4. The number of urea groups is 1. The number of anilines is 2. The van der Waals surface area contributed by atoms with Crippen LogP contribution >= 0.6 is 0 Å². The standard InChI is InChI=1S/C31H38F3N5O5/c1-18-14-39(19(2)17-40)28(41)13-23-12-25(35-30(42)36-29-20(3)37-44-21(29)4)10-11-26(23)43-27(18)16-38(5)15-22-6-8-24(9-7-22)31(32,33)34/h6-12,18-19,27,40H,13-17H2,1-5H3,(H2,35,36,42)/t18-,19+,27-/m1/s1. The van der Waals surface area contributed by atoms with Gasteiger partial charge in [0.25, 0.3) is 0 Å². The third-order valence-corrected chi connectivity index (χ3v) is 7.67. The van der Waals surface area contributed by atoms with Gasteiger partial charge < -0.3 is 29.9 Å². The Morgan fingerprint density at radius 1 is 1.18 bits per heavy atom. The molecule has 0 saturated heterocycles. The summed E-state index contributed by atoms with van der Waals surface area (Å²) in [5, 5.41) is 19.2. The van der Waals surface area contributed by atoms with Crippen molar-refractivity contribution in [2.24, 2.45) is 5.92 Å². The Labute approximate surface area is 254 Å². The second-order valence-corrected chi connectivity index (χ2v) is 11.4. The first kappa shape index (κ1) is 32.8. The number of halogens is 3. The van der Waals surface area contributed by atoms with Crippen molar-refractivity contribution in [2.75, 3.05) is 37.4 Å². The Balaban J connectivity index is 1.55. The molecule has 1 aliphatic rings. The average molecular weight is 618 g/mol. The molecule has 3 aromatic rings. The quantitative estimate of drug-likeness (QED) is 0.317. The largest absolute Gasteiger partial charge is 0.488 e. The summed E-state index contributed by atoms with van der Waals surface area (Å²) >= 11 is 0. The Kier molecular flexibility index (Phi) is 10.2. The molecule has 0 spiro atoms. The van der Waals surface area contributed by atoms with Crippen molar-refractivity contribution < 1.29 is 37.1 Å². The van der Waals surface area contributed by atoms with E-state index in [9.17, 15) is 27.9 Å². The number of alkyl halides is 3. The Bertz CT molecular complexity index is 1440. The molecule has 0 unspecified atom stereocenters. The lowest BCUT2D eigenvalue weighted by Gasteiger charge is -2.34. The van der Waals surface area contributed by atoms with Gasteiger partial charge in [-0.3, -0.25) is 9.69 Å². The molecular formula is C31H38F3N5O5. The molecule has 0 bridgehead atoms. The highest BCUT2D eigenvalue weighted by Gasteiger charge is 2.32. The number of rotatable bonds is 8. The predicted molar refractivity (Wildman–Crippen MR) is 158 cm³/mol. The summed E-state index contributed by atoms with van der Waals surface area (Å²) in [6, 6.07) is 9.17. The van der Waals surface area contributed by atoms with Gasteiger partial charge in [-0.2, -0.15) is 13.2 Å². The predicted octanol–water partition coefficient (Wildman–Crippen LogP) is 5.24. The molecule has 3 amide bonds. The van der Waals surface area contributed by atoms with Crippen LogP contribution in [0.3, 0.4) is 0 Å². The van der Waals surface area contributed by atoms with E-state index in [1.54, 1.807) is 43.9 Å². The molecule has 0 aliphatic carbocycles. The van der Waals surface area contributed by atoms with Crippen LogP contribution in [0.1, 0.15) is 42.0 Å². The van der Waals surface area contributed by atoms with E-state index in [2.05, 4.69) is 15.8 Å². The monoisotopic (exact) mass is 617 g/mol. The van der Waals surface area contributed by atoms with Crippen LogP contribution in [0.15, 0.2) is 47.0 Å². The van der Waals surface area contributed by atoms with Gasteiger partial charge in [0.15, 0.2) is 5.76 Å². The first-order chi connectivity index (χ1) is 20.7. The number of carbonyl (C=O) groups is 2. The SMILES string of the molecule is Cc1noc(C)c1NC(=O)Nc1ccc2c(c1)CC(=O)N([C@@H](C)CO)C[C@@H](C)[C@@H](CN(C)Cc1ccc(C(F)(F)F)cc1)O2. The fraction of sp³-hybridized carbons (Fsp3) is 0.452. The molecule has 1 aliphatic heterocycles. The molecule has 0 radical (unpaired) electrons. The van der Waals surface area contributed by atoms with Crippen LogP contribution in [0, 0.1) is 19.8 Å². The maximum absolute atomic E-state index is 13.5. The molecule has 13 heteroatoms. The lowest BCUT2D eigenvalue weighted by molar-refractivity contribution is -0.137. The van der Waals surface area contributed by atoms with Gasteiger partial charge in [0.05, 0.1) is 24.6 Å². The number of fused-ring (bicyclic) bond motifs is 1. The number of aliphatic hydroxyl groups is 1. The smallest absolute Gasteiger partial charge is 0.416 e. The third-order valence-electron chi connectivity index (χ3n) is 7.67. The van der Waals surface area contributed by atoms with E-state index in [4.69, 9.17) is 9.26 Å². The second kappa shape index (κ2) is 13.7. The zero-order valence-electron chi connectivity index (χ0n) is 25.4. The number of aryl methyl sites for hydroxylation is 2. The maximum atomic E-state index is 13.5. The van der Waals surface area contributed by atoms with Crippen molar-refractivity contribution in [3.63, 3.8) is 0 Å². The number of nitrogens with zero attached hydrogens (tertiary/aromatic N) is 3.